The van der Waals surface area contributed by atoms with Crippen molar-refractivity contribution in [3.8, 4) is 0 Å². The molecule has 0 spiro atoms. The molecule has 0 radical (unpaired) electrons. The summed E-state index contributed by atoms with van der Waals surface area (Å²) >= 11 is 3.72. The lowest BCUT2D eigenvalue weighted by molar-refractivity contribution is 0.567. The summed E-state index contributed by atoms with van der Waals surface area (Å²) in [4.78, 5) is 9.12. The van der Waals surface area contributed by atoms with Crippen LogP contribution in [-0.2, 0) is 6.42 Å². The highest BCUT2D eigenvalue weighted by atomic mass is 79.9. The van der Waals surface area contributed by atoms with Gasteiger partial charge >= 0.3 is 0 Å². The lowest BCUT2D eigenvalue weighted by Crippen LogP contribution is -2.08. The Balaban J connectivity index is 2.63. The van der Waals surface area contributed by atoms with Gasteiger partial charge in [-0.2, -0.15) is 0 Å². The second-order valence-corrected chi connectivity index (χ2v) is 6.31. The van der Waals surface area contributed by atoms with Crippen LogP contribution in [0, 0.1) is 5.92 Å². The van der Waals surface area contributed by atoms with Crippen LogP contribution < -0.4 is 0 Å². The molecule has 0 amide bonds. The zero-order valence-corrected chi connectivity index (χ0v) is 12.2. The second-order valence-electron chi connectivity index (χ2n) is 5.02. The van der Waals surface area contributed by atoms with E-state index < -0.39 is 0 Å². The lowest BCUT2D eigenvalue weighted by atomic mass is 10.0. The highest BCUT2D eigenvalue weighted by molar-refractivity contribution is 9.09. The summed E-state index contributed by atoms with van der Waals surface area (Å²) in [5, 5.41) is 0. The topological polar surface area (TPSA) is 25.8 Å². The third-order valence-corrected chi connectivity index (χ3v) is 3.19. The normalized spacial score (nSPS) is 13.4. The molecular formula is C13H21BrN2. The summed E-state index contributed by atoms with van der Waals surface area (Å²) in [5.74, 6) is 1.19. The molecule has 0 aliphatic heterocycles. The van der Waals surface area contributed by atoms with Crippen LogP contribution in [0.15, 0.2) is 12.4 Å². The first-order valence-corrected chi connectivity index (χ1v) is 6.85. The summed E-state index contributed by atoms with van der Waals surface area (Å²) in [6.07, 6.45) is 3.85. The van der Waals surface area contributed by atoms with E-state index in [1.807, 2.05) is 0 Å². The molecule has 1 rings (SSSR count). The van der Waals surface area contributed by atoms with Crippen LogP contribution in [-0.4, -0.2) is 14.8 Å². The van der Waals surface area contributed by atoms with Crippen molar-refractivity contribution in [1.29, 1.82) is 0 Å². The minimum Gasteiger partial charge on any atom is -0.241 e. The Morgan fingerprint density at radius 1 is 1.19 bits per heavy atom. The molecule has 0 bridgehead atoms. The molecule has 3 heteroatoms. The average Bonchev–Trinajstić information content (AvgIpc) is 2.16. The standard InChI is InChI=1S/C13H21BrN2/c1-9(2)5-11(14)6-12-7-13(10(3)4)16-8-15-12/h7-11H,5-6H2,1-4H3. The van der Waals surface area contributed by atoms with E-state index in [1.54, 1.807) is 6.33 Å². The maximum Gasteiger partial charge on any atom is 0.115 e. The third-order valence-electron chi connectivity index (χ3n) is 2.49. The Morgan fingerprint density at radius 3 is 2.44 bits per heavy atom. The van der Waals surface area contributed by atoms with Gasteiger partial charge in [-0.25, -0.2) is 9.97 Å². The van der Waals surface area contributed by atoms with Gasteiger partial charge in [-0.05, 0) is 24.3 Å². The molecular weight excluding hydrogens is 264 g/mol. The number of alkyl halides is 1. The summed E-state index contributed by atoms with van der Waals surface area (Å²) in [6, 6.07) is 2.12. The number of aromatic nitrogens is 2. The molecule has 1 unspecified atom stereocenters. The van der Waals surface area contributed by atoms with Gasteiger partial charge in [-0.3, -0.25) is 0 Å². The van der Waals surface area contributed by atoms with Crippen LogP contribution in [0.1, 0.15) is 51.4 Å². The first kappa shape index (κ1) is 13.6. The summed E-state index contributed by atoms with van der Waals surface area (Å²) in [7, 11) is 0. The molecule has 0 saturated heterocycles. The van der Waals surface area contributed by atoms with Gasteiger partial charge in [0.05, 0.1) is 0 Å². The first-order chi connectivity index (χ1) is 7.49. The quantitative estimate of drug-likeness (QED) is 0.765. The average molecular weight is 285 g/mol. The third kappa shape index (κ3) is 4.60. The maximum atomic E-state index is 4.33. The van der Waals surface area contributed by atoms with Gasteiger partial charge < -0.3 is 0 Å². The van der Waals surface area contributed by atoms with Gasteiger partial charge in [0, 0.05) is 22.6 Å². The smallest absolute Gasteiger partial charge is 0.115 e. The fourth-order valence-electron chi connectivity index (χ4n) is 1.66. The number of hydrogen-bond donors (Lipinski definition) is 0. The molecule has 16 heavy (non-hydrogen) atoms. The zero-order chi connectivity index (χ0) is 12.1. The monoisotopic (exact) mass is 284 g/mol. The molecule has 0 saturated carbocycles. The number of rotatable bonds is 5. The Morgan fingerprint density at radius 2 is 1.88 bits per heavy atom. The van der Waals surface area contributed by atoms with E-state index in [2.05, 4.69) is 59.7 Å². The van der Waals surface area contributed by atoms with Crippen molar-refractivity contribution in [2.45, 2.75) is 51.3 Å². The van der Waals surface area contributed by atoms with Crippen LogP contribution in [0.3, 0.4) is 0 Å². The van der Waals surface area contributed by atoms with Gasteiger partial charge in [0.15, 0.2) is 0 Å². The summed E-state index contributed by atoms with van der Waals surface area (Å²) in [6.45, 7) is 8.80. The van der Waals surface area contributed by atoms with Crippen molar-refractivity contribution in [2.24, 2.45) is 5.92 Å². The molecule has 0 fully saturated rings. The van der Waals surface area contributed by atoms with E-state index in [1.165, 1.54) is 6.42 Å². The van der Waals surface area contributed by atoms with Crippen LogP contribution in [0.5, 0.6) is 0 Å². The number of hydrogen-bond acceptors (Lipinski definition) is 2. The highest BCUT2D eigenvalue weighted by Gasteiger charge is 2.10. The summed E-state index contributed by atoms with van der Waals surface area (Å²) in [5.41, 5.74) is 2.27. The van der Waals surface area contributed by atoms with Gasteiger partial charge in [-0.15, -0.1) is 0 Å². The molecule has 0 aliphatic rings. The fourth-order valence-corrected chi connectivity index (χ4v) is 2.74. The minimum absolute atomic E-state index is 0.473. The minimum atomic E-state index is 0.473. The van der Waals surface area contributed by atoms with Gasteiger partial charge in [0.2, 0.25) is 0 Å². The Labute approximate surface area is 107 Å². The molecule has 0 aromatic carbocycles. The molecule has 2 nitrogen and oxygen atoms in total. The van der Waals surface area contributed by atoms with E-state index in [9.17, 15) is 0 Å². The zero-order valence-electron chi connectivity index (χ0n) is 10.6. The van der Waals surface area contributed by atoms with Crippen LogP contribution in [0.4, 0.5) is 0 Å². The first-order valence-electron chi connectivity index (χ1n) is 5.94. The Hall–Kier alpha value is -0.440. The predicted molar refractivity (Wildman–Crippen MR) is 72.0 cm³/mol. The van der Waals surface area contributed by atoms with E-state index in [-0.39, 0.29) is 0 Å². The molecule has 1 heterocycles. The molecule has 1 aromatic heterocycles. The summed E-state index contributed by atoms with van der Waals surface area (Å²) < 4.78 is 0. The lowest BCUT2D eigenvalue weighted by Gasteiger charge is -2.12. The molecule has 0 N–H and O–H groups in total. The van der Waals surface area contributed by atoms with Crippen LogP contribution in [0.25, 0.3) is 0 Å². The van der Waals surface area contributed by atoms with E-state index in [4.69, 9.17) is 0 Å². The fraction of sp³-hybridized carbons (Fsp3) is 0.692. The number of halogens is 1. The van der Waals surface area contributed by atoms with Crippen LogP contribution >= 0.6 is 15.9 Å². The van der Waals surface area contributed by atoms with Crippen molar-refractivity contribution >= 4 is 15.9 Å². The van der Waals surface area contributed by atoms with E-state index in [0.29, 0.717) is 10.7 Å². The van der Waals surface area contributed by atoms with Crippen molar-refractivity contribution in [3.63, 3.8) is 0 Å². The van der Waals surface area contributed by atoms with Crippen LogP contribution in [0.2, 0.25) is 0 Å². The van der Waals surface area contributed by atoms with Gasteiger partial charge in [0.25, 0.3) is 0 Å². The molecule has 0 aliphatic carbocycles. The van der Waals surface area contributed by atoms with Gasteiger partial charge in [-0.1, -0.05) is 43.6 Å². The maximum absolute atomic E-state index is 4.33. The van der Waals surface area contributed by atoms with Crippen molar-refractivity contribution < 1.29 is 0 Å². The van der Waals surface area contributed by atoms with Crippen molar-refractivity contribution in [3.05, 3.63) is 23.8 Å². The second kappa shape index (κ2) is 6.33. The number of nitrogens with zero attached hydrogens (tertiary/aromatic N) is 2. The molecule has 1 aromatic rings. The molecule has 90 valence electrons. The van der Waals surface area contributed by atoms with Gasteiger partial charge in [0.1, 0.15) is 6.33 Å². The van der Waals surface area contributed by atoms with Crippen molar-refractivity contribution in [1.82, 2.24) is 9.97 Å². The predicted octanol–water partition coefficient (Wildman–Crippen LogP) is 3.95. The van der Waals surface area contributed by atoms with E-state index in [0.717, 1.165) is 23.7 Å². The highest BCUT2D eigenvalue weighted by Crippen LogP contribution is 2.18. The van der Waals surface area contributed by atoms with E-state index >= 15 is 0 Å². The largest absolute Gasteiger partial charge is 0.241 e. The Bertz CT molecular complexity index is 323. The molecule has 1 atom stereocenters. The Kier molecular flexibility index (Phi) is 5.39. The van der Waals surface area contributed by atoms with Crippen molar-refractivity contribution in [2.75, 3.05) is 0 Å². The SMILES string of the molecule is CC(C)CC(Br)Cc1cc(C(C)C)ncn1.